The molecule has 2 aromatic rings. The Balaban J connectivity index is 0.000000341. The number of rotatable bonds is 11. The molecule has 4 bridgehead atoms. The number of aliphatic hydroxyl groups is 5. The van der Waals surface area contributed by atoms with E-state index in [-0.39, 0.29) is 72.6 Å². The summed E-state index contributed by atoms with van der Waals surface area (Å²) in [6.07, 6.45) is 7.11. The quantitative estimate of drug-likeness (QED) is 0.0729. The van der Waals surface area contributed by atoms with Crippen LogP contribution < -0.4 is 26.1 Å². The number of fused-ring (bicyclic) bond motifs is 1. The van der Waals surface area contributed by atoms with E-state index in [1.54, 1.807) is 72.8 Å². The number of anilines is 1. The Morgan fingerprint density at radius 1 is 0.909 bits per heavy atom. The number of hydrogen-bond donors (Lipinski definition) is 9. The lowest BCUT2D eigenvalue weighted by atomic mass is 9.77. The van der Waals surface area contributed by atoms with E-state index in [0.717, 1.165) is 32.4 Å². The summed E-state index contributed by atoms with van der Waals surface area (Å²) in [6, 6.07) is -0.656. The molecule has 9 unspecified atom stereocenters. The van der Waals surface area contributed by atoms with Crippen LogP contribution in [-0.4, -0.2) is 193 Å². The number of benzene rings is 2. The number of Topliss-reactive ketones (excluding diaryl/α,β-unsaturated/α-hetero) is 1. The predicted molar refractivity (Wildman–Crippen MR) is 338 cm³/mol. The van der Waals surface area contributed by atoms with Gasteiger partial charge < -0.3 is 70.2 Å². The van der Waals surface area contributed by atoms with Crippen LogP contribution >= 0.6 is 23.4 Å². The Labute approximate surface area is 527 Å². The van der Waals surface area contributed by atoms with E-state index in [4.69, 9.17) is 40.5 Å². The number of piperidine rings is 1. The number of allylic oxidation sites excluding steroid dienone is 2. The number of amides is 2. The van der Waals surface area contributed by atoms with Gasteiger partial charge in [-0.2, -0.15) is 11.8 Å². The highest BCUT2D eigenvalue weighted by molar-refractivity contribution is 7.99. The molecule has 1 aliphatic carbocycles. The molecule has 2 aromatic carbocycles. The Kier molecular flexibility index (Phi) is 23.4. The molecule has 5 aliphatic heterocycles. The molecule has 88 heavy (non-hydrogen) atoms. The molecule has 9 N–H and O–H groups in total. The number of alkyl halides is 1. The first-order valence-electron chi connectivity index (χ1n) is 31.1. The summed E-state index contributed by atoms with van der Waals surface area (Å²) < 4.78 is 24.0. The monoisotopic (exact) mass is 1270 g/mol. The van der Waals surface area contributed by atoms with Gasteiger partial charge in [-0.15, -0.1) is 11.6 Å². The number of hydrogen-bond acceptors (Lipinski definition) is 20. The average Bonchev–Trinajstić information content (AvgIpc) is 1.57. The third-order valence-corrected chi connectivity index (χ3v) is 20.5. The molecule has 0 radical (unpaired) electrons. The third-order valence-electron chi connectivity index (χ3n) is 19.1. The second-order valence-electron chi connectivity index (χ2n) is 26.2. The Bertz CT molecular complexity index is 3100. The van der Waals surface area contributed by atoms with Crippen molar-refractivity contribution in [3.05, 3.63) is 58.0 Å². The first kappa shape index (κ1) is 70.6. The Hall–Kier alpha value is -4.88. The van der Waals surface area contributed by atoms with Crippen LogP contribution in [0.4, 0.5) is 5.69 Å². The summed E-state index contributed by atoms with van der Waals surface area (Å²) in [5.41, 5.74) is -0.572. The number of esters is 1. The zero-order valence-electron chi connectivity index (χ0n) is 53.8. The zero-order chi connectivity index (χ0) is 65.2. The molecule has 2 saturated heterocycles. The molecular weight excluding hydrogens is 1170 g/mol. The zero-order valence-corrected chi connectivity index (χ0v) is 55.4. The fraction of sp³-hybridized carbons (Fsp3) is 0.692. The van der Waals surface area contributed by atoms with Gasteiger partial charge in [0, 0.05) is 111 Å². The van der Waals surface area contributed by atoms with Crippen molar-refractivity contribution in [3.63, 3.8) is 0 Å². The number of aromatic hydroxyl groups is 2. The van der Waals surface area contributed by atoms with Crippen LogP contribution in [0.25, 0.3) is 10.8 Å². The molecule has 2 amide bonds. The van der Waals surface area contributed by atoms with Crippen LogP contribution in [0.15, 0.2) is 46.1 Å². The van der Waals surface area contributed by atoms with Crippen LogP contribution in [0, 0.1) is 48.3 Å². The van der Waals surface area contributed by atoms with Gasteiger partial charge in [0.15, 0.2) is 11.4 Å². The van der Waals surface area contributed by atoms with Crippen LogP contribution in [0.3, 0.4) is 0 Å². The highest BCUT2D eigenvalue weighted by Crippen LogP contribution is 2.50. The van der Waals surface area contributed by atoms with E-state index < -0.39 is 119 Å². The van der Waals surface area contributed by atoms with E-state index in [0.29, 0.717) is 44.2 Å². The predicted octanol–water partition coefficient (Wildman–Crippen LogP) is 5.80. The first-order valence-corrected chi connectivity index (χ1v) is 32.9. The minimum atomic E-state index is -1.96. The first-order chi connectivity index (χ1) is 41.3. The number of methoxy groups -OCH3 is 1. The number of carbonyl (C=O) groups excluding carboxylic acids is 4. The van der Waals surface area contributed by atoms with Gasteiger partial charge in [0.25, 0.3) is 11.7 Å². The van der Waals surface area contributed by atoms with Gasteiger partial charge in [-0.1, -0.05) is 73.1 Å². The smallest absolute Gasteiger partial charge is 0.312 e. The number of nitrogens with one attached hydrogen (secondary N) is 2. The van der Waals surface area contributed by atoms with Crippen molar-refractivity contribution in [2.24, 2.45) is 51.4 Å². The van der Waals surface area contributed by atoms with Crippen molar-refractivity contribution in [3.8, 4) is 17.2 Å². The number of likely N-dealkylation sites (N-methyl/N-ethyl adjacent to an activating group) is 1. The number of ether oxygens (including phenoxy) is 4. The lowest BCUT2D eigenvalue weighted by Gasteiger charge is -2.44. The number of ketones is 1. The number of carbonyl (C=O) groups is 4. The minimum Gasteiger partial charge on any atom is -0.507 e. The summed E-state index contributed by atoms with van der Waals surface area (Å²) in [7, 11) is 3.44. The van der Waals surface area contributed by atoms with Crippen LogP contribution in [0.2, 0.25) is 0 Å². The van der Waals surface area contributed by atoms with E-state index in [1.165, 1.54) is 39.0 Å². The normalized spacial score (nSPS) is 34.9. The maximum Gasteiger partial charge on any atom is 0.312 e. The molecule has 1 saturated carbocycles. The summed E-state index contributed by atoms with van der Waals surface area (Å²) in [5.74, 6) is -6.39. The summed E-state index contributed by atoms with van der Waals surface area (Å²) in [4.78, 5) is 68.7. The third kappa shape index (κ3) is 14.7. The molecule has 3 fully saturated rings. The molecule has 5 heterocycles. The van der Waals surface area contributed by atoms with Crippen molar-refractivity contribution < 1.29 is 73.9 Å². The highest BCUT2D eigenvalue weighted by atomic mass is 35.5. The van der Waals surface area contributed by atoms with Gasteiger partial charge in [-0.25, -0.2) is 0 Å². The molecular formula is C65H97ClN6O15S. The van der Waals surface area contributed by atoms with Crippen molar-refractivity contribution in [1.82, 2.24) is 15.1 Å². The van der Waals surface area contributed by atoms with Crippen molar-refractivity contribution in [2.75, 3.05) is 51.9 Å². The van der Waals surface area contributed by atoms with E-state index >= 15 is 0 Å². The van der Waals surface area contributed by atoms with Crippen LogP contribution in [0.5, 0.6) is 17.2 Å². The minimum absolute atomic E-state index is 0.0364. The molecule has 8 rings (SSSR count). The van der Waals surface area contributed by atoms with Gasteiger partial charge >= 0.3 is 11.8 Å². The van der Waals surface area contributed by atoms with Crippen molar-refractivity contribution in [2.45, 2.75) is 198 Å². The van der Waals surface area contributed by atoms with E-state index in [1.807, 2.05) is 13.3 Å². The maximum absolute atomic E-state index is 14.7. The molecule has 21 nitrogen and oxygen atoms in total. The van der Waals surface area contributed by atoms with E-state index in [2.05, 4.69) is 41.2 Å². The van der Waals surface area contributed by atoms with E-state index in [9.17, 15) is 54.9 Å². The average molecular weight is 1270 g/mol. The largest absolute Gasteiger partial charge is 0.507 e. The second kappa shape index (κ2) is 29.2. The molecule has 23 heteroatoms. The number of nitrogens with zero attached hydrogens (tertiary/aromatic N) is 4. The second-order valence-corrected chi connectivity index (χ2v) is 27.9. The standard InChI is InChI=1S/C46H62N4O11.C19H35ClN2O4S/c1-22(2)21-50-18-16-46(17-19-50)48-34-31-32-39(54)28(8)42-33(31)43(56)45(10,61-42)59-20-15-30(58-11)25(5)41(60-29(9)51)27(7)38(53)26(6)37(52)23(3)13-12-14-24(4)44(57)47-36(40(32)55)35(34)49-46;1-5-6-11-7-13(22(3)9-11)19(26)21-15(10(2)20)12-8-14(27-4)17(24)18(25)16(12)23/h12-15,20,22-23,25-27,30,37-38,41,52-55H,16-19,21H2,1-11H3,(H,47,57);10-18,23-25H,5-9H2,1-4H3,(H,21,26)/b13-12+,20-15+,24-14-;/t23-,25+,26+,27+,30-,37-,38+,41+,45-;/m0./s1. The molecule has 1 spiro atoms. The van der Waals surface area contributed by atoms with Crippen LogP contribution in [0.1, 0.15) is 131 Å². The number of phenolic OH excluding ortho intramolecular Hbond substituents is 2. The SMILES string of the molecule is CCCC1CC(C(=O)NC(C(C)Cl)C2CC(SC)C(O)C(O)C2O)N(C)C1.CO[C@H]1/C=C/O[C@@]2(C)Oc3c(C)c(O)c4c(O)c(c5c(c4c3C2=O)=NC2(CCN(CC(C)C)CC2)N=5)NC(=O)/C(C)=C\C=C\[C@H](C)[C@H](O)[C@@H](C)[C@@H](O)[C@@H](C)[C@H](OC(C)=O)[C@@H]1C. The number of thioether (sulfide) groups is 1. The fourth-order valence-electron chi connectivity index (χ4n) is 13.9. The number of aliphatic hydroxyl groups excluding tert-OH is 5. The lowest BCUT2D eigenvalue weighted by Crippen LogP contribution is -2.61. The summed E-state index contributed by atoms with van der Waals surface area (Å²) in [6.45, 7) is 24.4. The van der Waals surface area contributed by atoms with Crippen molar-refractivity contribution >= 4 is 63.4 Å². The van der Waals surface area contributed by atoms with Crippen molar-refractivity contribution in [1.29, 1.82) is 0 Å². The van der Waals surface area contributed by atoms with Gasteiger partial charge in [0.05, 0.1) is 70.5 Å². The summed E-state index contributed by atoms with van der Waals surface area (Å²) >= 11 is 7.85. The number of likely N-dealkylation sites (tertiary alicyclic amines) is 2. The molecule has 0 aromatic heterocycles. The fourth-order valence-corrected chi connectivity index (χ4v) is 15.0. The number of phenols is 2. The Morgan fingerprint density at radius 3 is 2.17 bits per heavy atom. The number of halogens is 1. The van der Waals surface area contributed by atoms with Gasteiger partial charge in [-0.3, -0.25) is 34.1 Å². The maximum atomic E-state index is 14.7. The lowest BCUT2D eigenvalue weighted by molar-refractivity contribution is -0.160. The topological polar surface area (TPSA) is 302 Å². The van der Waals surface area contributed by atoms with Crippen LogP contribution in [-0.2, 0) is 28.6 Å². The summed E-state index contributed by atoms with van der Waals surface area (Å²) in [5, 5.41) is 83.6. The Morgan fingerprint density at radius 2 is 1.57 bits per heavy atom. The highest BCUT2D eigenvalue weighted by Gasteiger charge is 2.51. The molecule has 18 atom stereocenters. The van der Waals surface area contributed by atoms with Gasteiger partial charge in [-0.05, 0) is 71.2 Å². The molecule has 6 aliphatic rings. The van der Waals surface area contributed by atoms with Gasteiger partial charge in [0.2, 0.25) is 5.91 Å². The molecule has 490 valence electrons. The van der Waals surface area contributed by atoms with Gasteiger partial charge in [0.1, 0.15) is 34.8 Å².